The number of hydroxylamine groups is 2. The number of amides is 3. The van der Waals surface area contributed by atoms with Crippen molar-refractivity contribution >= 4 is 11.9 Å². The maximum Gasteiger partial charge on any atom is 0.352 e. The smallest absolute Gasteiger partial charge is 0.352 e. The number of carbonyl (C=O) groups excluding carboxylic acids is 2. The number of hydrogen-bond acceptors (Lipinski definition) is 5. The Morgan fingerprint density at radius 2 is 2.00 bits per heavy atom. The first-order chi connectivity index (χ1) is 9.20. The van der Waals surface area contributed by atoms with Crippen molar-refractivity contribution in [1.82, 2.24) is 9.96 Å². The van der Waals surface area contributed by atoms with Crippen LogP contribution in [0.2, 0.25) is 0 Å². The van der Waals surface area contributed by atoms with Gasteiger partial charge in [0, 0.05) is 13.0 Å². The van der Waals surface area contributed by atoms with Crippen molar-refractivity contribution in [2.24, 2.45) is 0 Å². The zero-order valence-corrected chi connectivity index (χ0v) is 10.5. The van der Waals surface area contributed by atoms with E-state index in [1.54, 1.807) is 6.08 Å². The van der Waals surface area contributed by atoms with Gasteiger partial charge in [-0.2, -0.15) is 0 Å². The molecule has 19 heavy (non-hydrogen) atoms. The van der Waals surface area contributed by atoms with Crippen LogP contribution in [-0.4, -0.2) is 66.5 Å². The number of hydrogen-bond donors (Lipinski definition) is 0. The Balaban J connectivity index is 1.67. The molecular formula is C12H16N2O5. The minimum Gasteiger partial charge on any atom is -0.373 e. The van der Waals surface area contributed by atoms with Crippen LogP contribution in [0.15, 0.2) is 12.7 Å². The molecule has 3 rings (SSSR count). The molecule has 0 aromatic carbocycles. The Bertz CT molecular complexity index is 405. The number of epoxide rings is 2. The number of imide groups is 1. The maximum absolute atomic E-state index is 12.2. The van der Waals surface area contributed by atoms with E-state index in [1.165, 1.54) is 4.90 Å². The highest BCUT2D eigenvalue weighted by molar-refractivity contribution is 6.03. The minimum absolute atomic E-state index is 0.000676. The van der Waals surface area contributed by atoms with E-state index in [-0.39, 0.29) is 24.7 Å². The van der Waals surface area contributed by atoms with Gasteiger partial charge in [-0.15, -0.1) is 11.6 Å². The van der Waals surface area contributed by atoms with Crippen LogP contribution in [0.4, 0.5) is 4.79 Å². The second kappa shape index (κ2) is 4.92. The van der Waals surface area contributed by atoms with Crippen molar-refractivity contribution in [3.63, 3.8) is 0 Å². The lowest BCUT2D eigenvalue weighted by Crippen LogP contribution is -2.36. The lowest BCUT2D eigenvalue weighted by Gasteiger charge is -2.18. The van der Waals surface area contributed by atoms with Crippen molar-refractivity contribution < 1.29 is 23.9 Å². The largest absolute Gasteiger partial charge is 0.373 e. The summed E-state index contributed by atoms with van der Waals surface area (Å²) in [7, 11) is 0. The van der Waals surface area contributed by atoms with Gasteiger partial charge in [0.2, 0.25) is 0 Å². The molecule has 3 amide bonds. The molecule has 7 heteroatoms. The van der Waals surface area contributed by atoms with E-state index in [2.05, 4.69) is 6.58 Å². The van der Waals surface area contributed by atoms with Gasteiger partial charge in [0.15, 0.2) is 0 Å². The molecule has 0 bridgehead atoms. The molecule has 0 radical (unpaired) electrons. The first kappa shape index (κ1) is 12.6. The molecular weight excluding hydrogens is 252 g/mol. The SMILES string of the molecule is C=CCN1C(=O)N(OCC2CO2)C(=O)C1CC1CO1. The second-order valence-electron chi connectivity index (χ2n) is 4.81. The Labute approximate surface area is 110 Å². The van der Waals surface area contributed by atoms with Crippen molar-refractivity contribution in [3.05, 3.63) is 12.7 Å². The molecule has 3 aliphatic heterocycles. The number of nitrogens with zero attached hydrogens (tertiary/aromatic N) is 2. The molecule has 3 aliphatic rings. The summed E-state index contributed by atoms with van der Waals surface area (Å²) in [6.45, 7) is 5.42. The van der Waals surface area contributed by atoms with Gasteiger partial charge in [-0.3, -0.25) is 9.63 Å². The van der Waals surface area contributed by atoms with E-state index in [4.69, 9.17) is 14.3 Å². The van der Waals surface area contributed by atoms with Crippen LogP contribution < -0.4 is 0 Å². The maximum atomic E-state index is 12.2. The van der Waals surface area contributed by atoms with Gasteiger partial charge in [0.25, 0.3) is 5.91 Å². The third-order valence-electron chi connectivity index (χ3n) is 3.29. The van der Waals surface area contributed by atoms with E-state index in [0.29, 0.717) is 26.2 Å². The quantitative estimate of drug-likeness (QED) is 0.367. The van der Waals surface area contributed by atoms with Gasteiger partial charge in [0.1, 0.15) is 18.8 Å². The molecule has 3 unspecified atom stereocenters. The van der Waals surface area contributed by atoms with Crippen LogP contribution in [-0.2, 0) is 19.1 Å². The van der Waals surface area contributed by atoms with Crippen molar-refractivity contribution in [2.45, 2.75) is 24.7 Å². The fourth-order valence-electron chi connectivity index (χ4n) is 2.08. The Kier molecular flexibility index (Phi) is 3.26. The molecule has 3 atom stereocenters. The lowest BCUT2D eigenvalue weighted by atomic mass is 10.1. The van der Waals surface area contributed by atoms with Crippen molar-refractivity contribution in [2.75, 3.05) is 26.4 Å². The van der Waals surface area contributed by atoms with Crippen LogP contribution in [0.3, 0.4) is 0 Å². The highest BCUT2D eigenvalue weighted by atomic mass is 16.7. The Morgan fingerprint density at radius 3 is 2.58 bits per heavy atom. The second-order valence-corrected chi connectivity index (χ2v) is 4.81. The predicted octanol–water partition coefficient (Wildman–Crippen LogP) is -0.0755. The summed E-state index contributed by atoms with van der Waals surface area (Å²) in [4.78, 5) is 31.0. The average molecular weight is 268 g/mol. The van der Waals surface area contributed by atoms with Crippen molar-refractivity contribution in [1.29, 1.82) is 0 Å². The molecule has 3 heterocycles. The van der Waals surface area contributed by atoms with Gasteiger partial charge in [-0.25, -0.2) is 4.79 Å². The zero-order valence-electron chi connectivity index (χ0n) is 10.5. The van der Waals surface area contributed by atoms with Gasteiger partial charge in [-0.1, -0.05) is 6.08 Å². The van der Waals surface area contributed by atoms with E-state index in [9.17, 15) is 9.59 Å². The zero-order chi connectivity index (χ0) is 13.4. The van der Waals surface area contributed by atoms with Crippen LogP contribution in [0.1, 0.15) is 6.42 Å². The number of rotatable bonds is 7. The number of carbonyl (C=O) groups is 2. The lowest BCUT2D eigenvalue weighted by molar-refractivity contribution is -0.164. The molecule has 104 valence electrons. The highest BCUT2D eigenvalue weighted by Gasteiger charge is 2.48. The Morgan fingerprint density at radius 1 is 1.32 bits per heavy atom. The third-order valence-corrected chi connectivity index (χ3v) is 3.29. The highest BCUT2D eigenvalue weighted by Crippen LogP contribution is 2.26. The van der Waals surface area contributed by atoms with Crippen LogP contribution >= 0.6 is 0 Å². The molecule has 0 aliphatic carbocycles. The van der Waals surface area contributed by atoms with Crippen LogP contribution in [0, 0.1) is 0 Å². The summed E-state index contributed by atoms with van der Waals surface area (Å²) < 4.78 is 10.1. The van der Waals surface area contributed by atoms with E-state index >= 15 is 0 Å². The van der Waals surface area contributed by atoms with Gasteiger partial charge in [0.05, 0.1) is 19.3 Å². The summed E-state index contributed by atoms with van der Waals surface area (Å²) in [6, 6.07) is -0.950. The summed E-state index contributed by atoms with van der Waals surface area (Å²) in [5.41, 5.74) is 0. The first-order valence-corrected chi connectivity index (χ1v) is 6.32. The van der Waals surface area contributed by atoms with E-state index in [1.807, 2.05) is 0 Å². The van der Waals surface area contributed by atoms with Crippen molar-refractivity contribution in [3.8, 4) is 0 Å². The fraction of sp³-hybridized carbons (Fsp3) is 0.667. The van der Waals surface area contributed by atoms with Crippen LogP contribution in [0.25, 0.3) is 0 Å². The summed E-state index contributed by atoms with van der Waals surface area (Å²) >= 11 is 0. The van der Waals surface area contributed by atoms with Gasteiger partial charge < -0.3 is 14.4 Å². The number of urea groups is 1. The van der Waals surface area contributed by atoms with E-state index in [0.717, 1.165) is 5.06 Å². The summed E-state index contributed by atoms with van der Waals surface area (Å²) in [5.74, 6) is -0.331. The monoisotopic (exact) mass is 268 g/mol. The molecule has 0 N–H and O–H groups in total. The summed E-state index contributed by atoms with van der Waals surface area (Å²) in [5, 5.41) is 0.845. The minimum atomic E-state index is -0.516. The van der Waals surface area contributed by atoms with E-state index < -0.39 is 12.1 Å². The molecule has 0 aromatic heterocycles. The molecule has 7 nitrogen and oxygen atoms in total. The topological polar surface area (TPSA) is 74.9 Å². The molecule has 0 spiro atoms. The Hall–Kier alpha value is -1.44. The first-order valence-electron chi connectivity index (χ1n) is 6.32. The van der Waals surface area contributed by atoms with Gasteiger partial charge in [-0.05, 0) is 0 Å². The number of ether oxygens (including phenoxy) is 2. The summed E-state index contributed by atoms with van der Waals surface area (Å²) in [6.07, 6.45) is 2.18. The molecule has 3 saturated heterocycles. The van der Waals surface area contributed by atoms with Crippen LogP contribution in [0.5, 0.6) is 0 Å². The molecule has 3 fully saturated rings. The third kappa shape index (κ3) is 2.63. The normalized spacial score (nSPS) is 32.9. The standard InChI is InChI=1S/C12H16N2O5/c1-2-3-13-10(4-8-5-17-8)11(15)14(12(13)16)19-7-9-6-18-9/h2,8-10H,1,3-7H2. The fourth-order valence-corrected chi connectivity index (χ4v) is 2.08. The predicted molar refractivity (Wildman–Crippen MR) is 63.0 cm³/mol. The molecule has 0 aromatic rings. The average Bonchev–Trinajstić information content (AvgIpc) is 3.25. The van der Waals surface area contributed by atoms with Gasteiger partial charge >= 0.3 is 6.03 Å². The molecule has 0 saturated carbocycles.